The second-order valence-corrected chi connectivity index (χ2v) is 5.02. The first-order valence-corrected chi connectivity index (χ1v) is 6.44. The number of nitrogens with zero attached hydrogens (tertiary/aromatic N) is 3. The van der Waals surface area contributed by atoms with Crippen molar-refractivity contribution in [2.45, 2.75) is 12.8 Å². The number of rotatable bonds is 4. The van der Waals surface area contributed by atoms with Crippen molar-refractivity contribution >= 4 is 5.91 Å². The van der Waals surface area contributed by atoms with Gasteiger partial charge >= 0.3 is 0 Å². The first kappa shape index (κ1) is 11.9. The van der Waals surface area contributed by atoms with Gasteiger partial charge in [-0.2, -0.15) is 5.10 Å². The fourth-order valence-electron chi connectivity index (χ4n) is 1.95. The van der Waals surface area contributed by atoms with Crippen LogP contribution in [0.25, 0.3) is 11.1 Å². The minimum atomic E-state index is -0.0508. The van der Waals surface area contributed by atoms with E-state index in [1.165, 1.54) is 12.8 Å². The quantitative estimate of drug-likeness (QED) is 0.904. The van der Waals surface area contributed by atoms with Crippen LogP contribution in [-0.4, -0.2) is 27.2 Å². The maximum Gasteiger partial charge on any atom is 0.252 e. The molecule has 1 aliphatic rings. The topological polar surface area (TPSA) is 59.8 Å². The molecule has 2 aromatic rings. The number of pyridine rings is 1. The van der Waals surface area contributed by atoms with Gasteiger partial charge in [0.05, 0.1) is 11.8 Å². The maximum atomic E-state index is 12.0. The summed E-state index contributed by atoms with van der Waals surface area (Å²) in [4.78, 5) is 16.1. The van der Waals surface area contributed by atoms with E-state index in [1.807, 2.05) is 19.3 Å². The van der Waals surface area contributed by atoms with E-state index in [2.05, 4.69) is 15.4 Å². The van der Waals surface area contributed by atoms with Crippen LogP contribution < -0.4 is 5.32 Å². The number of aromatic nitrogens is 3. The Morgan fingerprint density at radius 3 is 2.89 bits per heavy atom. The standard InChI is InChI=1S/C14H16N4O/c1-18-9-13(8-17-18)11-4-12(7-15-6-11)14(19)16-5-10-2-3-10/h4,6-10H,2-3,5H2,1H3,(H,16,19). The molecule has 3 rings (SSSR count). The Morgan fingerprint density at radius 2 is 2.21 bits per heavy atom. The van der Waals surface area contributed by atoms with Gasteiger partial charge in [-0.3, -0.25) is 14.5 Å². The molecule has 0 saturated heterocycles. The highest BCUT2D eigenvalue weighted by atomic mass is 16.1. The third-order valence-corrected chi connectivity index (χ3v) is 3.29. The van der Waals surface area contributed by atoms with Crippen molar-refractivity contribution in [2.75, 3.05) is 6.54 Å². The van der Waals surface area contributed by atoms with E-state index in [0.29, 0.717) is 11.5 Å². The monoisotopic (exact) mass is 256 g/mol. The zero-order chi connectivity index (χ0) is 13.2. The third-order valence-electron chi connectivity index (χ3n) is 3.29. The molecule has 1 amide bonds. The summed E-state index contributed by atoms with van der Waals surface area (Å²) in [7, 11) is 1.86. The van der Waals surface area contributed by atoms with Crippen LogP contribution in [-0.2, 0) is 7.05 Å². The van der Waals surface area contributed by atoms with Crippen molar-refractivity contribution in [3.05, 3.63) is 36.4 Å². The summed E-state index contributed by atoms with van der Waals surface area (Å²) in [5.74, 6) is 0.628. The first-order chi connectivity index (χ1) is 9.22. The number of aryl methyl sites for hydroxylation is 1. The van der Waals surface area contributed by atoms with E-state index in [1.54, 1.807) is 23.3 Å². The molecule has 5 nitrogen and oxygen atoms in total. The maximum absolute atomic E-state index is 12.0. The molecule has 98 valence electrons. The normalized spacial score (nSPS) is 14.4. The average molecular weight is 256 g/mol. The number of hydrogen-bond acceptors (Lipinski definition) is 3. The fourth-order valence-corrected chi connectivity index (χ4v) is 1.95. The van der Waals surface area contributed by atoms with Gasteiger partial charge in [-0.25, -0.2) is 0 Å². The van der Waals surface area contributed by atoms with E-state index in [0.717, 1.165) is 17.7 Å². The van der Waals surface area contributed by atoms with Crippen molar-refractivity contribution in [3.8, 4) is 11.1 Å². The molecule has 2 heterocycles. The molecular formula is C14H16N4O. The Labute approximate surface area is 111 Å². The molecule has 0 atom stereocenters. The van der Waals surface area contributed by atoms with Gasteiger partial charge in [-0.05, 0) is 24.8 Å². The second kappa shape index (κ2) is 4.84. The van der Waals surface area contributed by atoms with Crippen molar-refractivity contribution in [1.82, 2.24) is 20.1 Å². The lowest BCUT2D eigenvalue weighted by Gasteiger charge is -2.05. The van der Waals surface area contributed by atoms with E-state index in [9.17, 15) is 4.79 Å². The Bertz CT molecular complexity index is 601. The summed E-state index contributed by atoms with van der Waals surface area (Å²) in [5, 5.41) is 7.07. The summed E-state index contributed by atoms with van der Waals surface area (Å²) >= 11 is 0. The predicted molar refractivity (Wildman–Crippen MR) is 71.5 cm³/mol. The third kappa shape index (κ3) is 2.81. The number of carbonyl (C=O) groups is 1. The van der Waals surface area contributed by atoms with Crippen LogP contribution in [0.3, 0.4) is 0 Å². The molecule has 1 aliphatic carbocycles. The number of amides is 1. The lowest BCUT2D eigenvalue weighted by molar-refractivity contribution is 0.0951. The van der Waals surface area contributed by atoms with Crippen molar-refractivity contribution in [2.24, 2.45) is 13.0 Å². The number of carbonyl (C=O) groups excluding carboxylic acids is 1. The number of nitrogens with one attached hydrogen (secondary N) is 1. The minimum Gasteiger partial charge on any atom is -0.352 e. The molecule has 19 heavy (non-hydrogen) atoms. The zero-order valence-corrected chi connectivity index (χ0v) is 10.8. The highest BCUT2D eigenvalue weighted by molar-refractivity contribution is 5.95. The first-order valence-electron chi connectivity index (χ1n) is 6.44. The van der Waals surface area contributed by atoms with Crippen LogP contribution in [0.1, 0.15) is 23.2 Å². The summed E-state index contributed by atoms with van der Waals surface area (Å²) in [6, 6.07) is 1.85. The van der Waals surface area contributed by atoms with Crippen LogP contribution in [0.4, 0.5) is 0 Å². The lowest BCUT2D eigenvalue weighted by atomic mass is 10.1. The molecule has 2 aromatic heterocycles. The van der Waals surface area contributed by atoms with E-state index in [-0.39, 0.29) is 5.91 Å². The van der Waals surface area contributed by atoms with Gasteiger partial charge in [-0.1, -0.05) is 0 Å². The number of hydrogen-bond donors (Lipinski definition) is 1. The SMILES string of the molecule is Cn1cc(-c2cncc(C(=O)NCC3CC3)c2)cn1. The molecule has 5 heteroatoms. The van der Waals surface area contributed by atoms with Gasteiger partial charge in [0.15, 0.2) is 0 Å². The zero-order valence-electron chi connectivity index (χ0n) is 10.8. The molecule has 0 spiro atoms. The predicted octanol–water partition coefficient (Wildman–Crippen LogP) is 1.62. The smallest absolute Gasteiger partial charge is 0.252 e. The molecule has 0 radical (unpaired) electrons. The molecule has 0 aliphatic heterocycles. The average Bonchev–Trinajstić information content (AvgIpc) is 3.16. The van der Waals surface area contributed by atoms with Crippen molar-refractivity contribution in [1.29, 1.82) is 0 Å². The molecule has 0 aromatic carbocycles. The Balaban J connectivity index is 1.76. The second-order valence-electron chi connectivity index (χ2n) is 5.02. The van der Waals surface area contributed by atoms with E-state index >= 15 is 0 Å². The Kier molecular flexibility index (Phi) is 3.03. The van der Waals surface area contributed by atoms with Crippen LogP contribution in [0.5, 0.6) is 0 Å². The van der Waals surface area contributed by atoms with Crippen LogP contribution in [0, 0.1) is 5.92 Å². The fraction of sp³-hybridized carbons (Fsp3) is 0.357. The van der Waals surface area contributed by atoms with Gasteiger partial charge in [0.25, 0.3) is 5.91 Å². The molecule has 0 unspecified atom stereocenters. The summed E-state index contributed by atoms with van der Waals surface area (Å²) in [5.41, 5.74) is 2.47. The van der Waals surface area contributed by atoms with Gasteiger partial charge < -0.3 is 5.32 Å². The van der Waals surface area contributed by atoms with Crippen LogP contribution in [0.15, 0.2) is 30.9 Å². The van der Waals surface area contributed by atoms with Crippen molar-refractivity contribution in [3.63, 3.8) is 0 Å². The summed E-state index contributed by atoms with van der Waals surface area (Å²) < 4.78 is 1.73. The van der Waals surface area contributed by atoms with Gasteiger partial charge in [0.1, 0.15) is 0 Å². The molecule has 1 saturated carbocycles. The minimum absolute atomic E-state index is 0.0508. The summed E-state index contributed by atoms with van der Waals surface area (Å²) in [6.45, 7) is 0.774. The van der Waals surface area contributed by atoms with Crippen LogP contribution in [0.2, 0.25) is 0 Å². The molecule has 1 N–H and O–H groups in total. The van der Waals surface area contributed by atoms with Gasteiger partial charge in [0, 0.05) is 43.3 Å². The largest absolute Gasteiger partial charge is 0.352 e. The molecule has 0 bridgehead atoms. The van der Waals surface area contributed by atoms with Gasteiger partial charge in [-0.15, -0.1) is 0 Å². The Morgan fingerprint density at radius 1 is 1.37 bits per heavy atom. The van der Waals surface area contributed by atoms with E-state index in [4.69, 9.17) is 0 Å². The lowest BCUT2D eigenvalue weighted by Crippen LogP contribution is -2.25. The van der Waals surface area contributed by atoms with Crippen LogP contribution >= 0.6 is 0 Å². The van der Waals surface area contributed by atoms with E-state index < -0.39 is 0 Å². The van der Waals surface area contributed by atoms with Crippen molar-refractivity contribution < 1.29 is 4.79 Å². The molecule has 1 fully saturated rings. The highest BCUT2D eigenvalue weighted by Gasteiger charge is 2.22. The molecular weight excluding hydrogens is 240 g/mol. The Hall–Kier alpha value is -2.17. The highest BCUT2D eigenvalue weighted by Crippen LogP contribution is 2.27. The van der Waals surface area contributed by atoms with Gasteiger partial charge in [0.2, 0.25) is 0 Å². The summed E-state index contributed by atoms with van der Waals surface area (Å²) in [6.07, 6.45) is 9.48.